The summed E-state index contributed by atoms with van der Waals surface area (Å²) in [4.78, 5) is 12.8. The van der Waals surface area contributed by atoms with E-state index < -0.39 is 12.0 Å². The van der Waals surface area contributed by atoms with Crippen LogP contribution in [0.5, 0.6) is 0 Å². The third kappa shape index (κ3) is 5.11. The van der Waals surface area contributed by atoms with Crippen molar-refractivity contribution < 1.29 is 14.6 Å². The van der Waals surface area contributed by atoms with Gasteiger partial charge in [0.25, 0.3) is 0 Å². The molecular formula is C10H20N2O3. The first kappa shape index (κ1) is 12.4. The van der Waals surface area contributed by atoms with Crippen LogP contribution in [0.15, 0.2) is 0 Å². The predicted octanol–water partition coefficient (Wildman–Crippen LogP) is -0.0992. The number of hydrogen-bond donors (Lipinski definition) is 2. The Morgan fingerprint density at radius 3 is 2.67 bits per heavy atom. The van der Waals surface area contributed by atoms with Gasteiger partial charge < -0.3 is 15.6 Å². The number of carbonyl (C=O) groups is 1. The lowest BCUT2D eigenvalue weighted by molar-refractivity contribution is -0.138. The molecule has 1 saturated heterocycles. The fourth-order valence-electron chi connectivity index (χ4n) is 1.65. The van der Waals surface area contributed by atoms with E-state index in [1.165, 1.54) is 0 Å². The van der Waals surface area contributed by atoms with Gasteiger partial charge in [0, 0.05) is 13.1 Å². The molecule has 1 aliphatic rings. The summed E-state index contributed by atoms with van der Waals surface area (Å²) in [5.41, 5.74) is 5.40. The van der Waals surface area contributed by atoms with Crippen LogP contribution in [0.2, 0.25) is 0 Å². The van der Waals surface area contributed by atoms with Crippen molar-refractivity contribution in [1.82, 2.24) is 4.90 Å². The van der Waals surface area contributed by atoms with Crippen LogP contribution in [0.4, 0.5) is 0 Å². The summed E-state index contributed by atoms with van der Waals surface area (Å²) >= 11 is 0. The molecule has 5 nitrogen and oxygen atoms in total. The number of ether oxygens (including phenoxy) is 1. The van der Waals surface area contributed by atoms with Crippen LogP contribution in [0.1, 0.15) is 19.3 Å². The van der Waals surface area contributed by atoms with E-state index in [0.29, 0.717) is 6.42 Å². The summed E-state index contributed by atoms with van der Waals surface area (Å²) < 4.78 is 5.24. The van der Waals surface area contributed by atoms with Gasteiger partial charge in [-0.15, -0.1) is 0 Å². The normalized spacial score (nSPS) is 20.1. The van der Waals surface area contributed by atoms with Crippen LogP contribution >= 0.6 is 0 Å². The highest BCUT2D eigenvalue weighted by Gasteiger charge is 2.12. The molecule has 5 heteroatoms. The summed E-state index contributed by atoms with van der Waals surface area (Å²) in [7, 11) is 0. The molecule has 1 atom stereocenters. The Morgan fingerprint density at radius 2 is 2.07 bits per heavy atom. The lowest BCUT2D eigenvalue weighted by Crippen LogP contribution is -2.37. The summed E-state index contributed by atoms with van der Waals surface area (Å²) in [6.07, 6.45) is 2.46. The minimum Gasteiger partial charge on any atom is -0.480 e. The minimum absolute atomic E-state index is 0.569. The number of rotatable bonds is 6. The van der Waals surface area contributed by atoms with Gasteiger partial charge in [-0.1, -0.05) is 6.42 Å². The van der Waals surface area contributed by atoms with Crippen molar-refractivity contribution in [3.63, 3.8) is 0 Å². The van der Waals surface area contributed by atoms with Gasteiger partial charge in [-0.3, -0.25) is 9.69 Å². The van der Waals surface area contributed by atoms with Crippen LogP contribution in [0.25, 0.3) is 0 Å². The Morgan fingerprint density at radius 1 is 1.40 bits per heavy atom. The first-order valence-electron chi connectivity index (χ1n) is 5.48. The highest BCUT2D eigenvalue weighted by Crippen LogP contribution is 2.03. The van der Waals surface area contributed by atoms with Crippen LogP contribution < -0.4 is 5.73 Å². The molecule has 3 N–H and O–H groups in total. The number of nitrogens with zero attached hydrogens (tertiary/aromatic N) is 1. The fraction of sp³-hybridized carbons (Fsp3) is 0.900. The summed E-state index contributed by atoms with van der Waals surface area (Å²) in [6.45, 7) is 4.63. The van der Waals surface area contributed by atoms with Crippen molar-refractivity contribution in [2.24, 2.45) is 5.73 Å². The number of unbranched alkanes of at least 4 members (excludes halogenated alkanes) is 1. The molecule has 1 heterocycles. The van der Waals surface area contributed by atoms with E-state index in [2.05, 4.69) is 4.90 Å². The standard InChI is InChI=1S/C10H20N2O3/c11-9(10(13)14)3-1-2-4-12-5-7-15-8-6-12/h9H,1-8,11H2,(H,13,14)/t9-/m0/s1. The summed E-state index contributed by atoms with van der Waals surface area (Å²) in [5, 5.41) is 8.58. The van der Waals surface area contributed by atoms with Gasteiger partial charge >= 0.3 is 5.97 Å². The van der Waals surface area contributed by atoms with Crippen molar-refractivity contribution in [3.05, 3.63) is 0 Å². The molecule has 88 valence electrons. The number of aliphatic carboxylic acids is 1. The number of carboxylic acid groups (broad SMARTS) is 1. The third-order valence-corrected chi connectivity index (χ3v) is 2.66. The van der Waals surface area contributed by atoms with E-state index in [9.17, 15) is 4.79 Å². The van der Waals surface area contributed by atoms with Crippen molar-refractivity contribution in [3.8, 4) is 0 Å². The molecule has 0 bridgehead atoms. The highest BCUT2D eigenvalue weighted by atomic mass is 16.5. The van der Waals surface area contributed by atoms with E-state index in [-0.39, 0.29) is 0 Å². The molecule has 0 aromatic rings. The predicted molar refractivity (Wildman–Crippen MR) is 56.7 cm³/mol. The molecule has 15 heavy (non-hydrogen) atoms. The molecule has 0 unspecified atom stereocenters. The first-order valence-corrected chi connectivity index (χ1v) is 5.48. The summed E-state index contributed by atoms with van der Waals surface area (Å²) in [5.74, 6) is -0.902. The second-order valence-electron chi connectivity index (χ2n) is 3.89. The Hall–Kier alpha value is -0.650. The van der Waals surface area contributed by atoms with Gasteiger partial charge in [-0.25, -0.2) is 0 Å². The lowest BCUT2D eigenvalue weighted by atomic mass is 10.1. The summed E-state index contributed by atoms with van der Waals surface area (Å²) in [6, 6.07) is -0.699. The van der Waals surface area contributed by atoms with Crippen molar-refractivity contribution >= 4 is 5.97 Å². The Bertz CT molecular complexity index is 193. The lowest BCUT2D eigenvalue weighted by Gasteiger charge is -2.26. The molecule has 0 saturated carbocycles. The van der Waals surface area contributed by atoms with Crippen molar-refractivity contribution in [1.29, 1.82) is 0 Å². The molecule has 1 rings (SSSR count). The average Bonchev–Trinajstić information content (AvgIpc) is 2.25. The molecule has 0 aromatic carbocycles. The smallest absolute Gasteiger partial charge is 0.320 e. The van der Waals surface area contributed by atoms with Gasteiger partial charge in [0.05, 0.1) is 13.2 Å². The zero-order chi connectivity index (χ0) is 11.1. The maximum absolute atomic E-state index is 10.4. The molecule has 0 radical (unpaired) electrons. The highest BCUT2D eigenvalue weighted by molar-refractivity contribution is 5.72. The minimum atomic E-state index is -0.902. The van der Waals surface area contributed by atoms with Gasteiger partial charge in [0.2, 0.25) is 0 Å². The zero-order valence-electron chi connectivity index (χ0n) is 9.02. The molecule has 0 aliphatic carbocycles. The largest absolute Gasteiger partial charge is 0.480 e. The molecular weight excluding hydrogens is 196 g/mol. The van der Waals surface area contributed by atoms with Crippen molar-refractivity contribution in [2.75, 3.05) is 32.8 Å². The topological polar surface area (TPSA) is 75.8 Å². The number of nitrogens with two attached hydrogens (primary N) is 1. The maximum Gasteiger partial charge on any atom is 0.320 e. The monoisotopic (exact) mass is 216 g/mol. The van der Waals surface area contributed by atoms with Gasteiger partial charge in [-0.05, 0) is 19.4 Å². The van der Waals surface area contributed by atoms with Gasteiger partial charge in [0.1, 0.15) is 6.04 Å². The van der Waals surface area contributed by atoms with E-state index in [1.807, 2.05) is 0 Å². The fourth-order valence-corrected chi connectivity index (χ4v) is 1.65. The Kier molecular flexibility index (Phi) is 5.60. The van der Waals surface area contributed by atoms with Crippen LogP contribution in [0, 0.1) is 0 Å². The molecule has 1 fully saturated rings. The van der Waals surface area contributed by atoms with Crippen LogP contribution in [-0.4, -0.2) is 54.9 Å². The van der Waals surface area contributed by atoms with Crippen LogP contribution in [0.3, 0.4) is 0 Å². The van der Waals surface area contributed by atoms with Crippen molar-refractivity contribution in [2.45, 2.75) is 25.3 Å². The molecule has 0 spiro atoms. The molecule has 1 aliphatic heterocycles. The van der Waals surface area contributed by atoms with Crippen LogP contribution in [-0.2, 0) is 9.53 Å². The second kappa shape index (κ2) is 6.76. The Labute approximate surface area is 90.2 Å². The number of carboxylic acids is 1. The van der Waals surface area contributed by atoms with Gasteiger partial charge in [0.15, 0.2) is 0 Å². The van der Waals surface area contributed by atoms with E-state index in [4.69, 9.17) is 15.6 Å². The SMILES string of the molecule is N[C@@H](CCCCN1CCOCC1)C(=O)O. The second-order valence-corrected chi connectivity index (χ2v) is 3.89. The first-order chi connectivity index (χ1) is 7.20. The molecule has 0 aromatic heterocycles. The Balaban J connectivity index is 1.98. The number of hydrogen-bond acceptors (Lipinski definition) is 4. The number of morpholine rings is 1. The maximum atomic E-state index is 10.4. The van der Waals surface area contributed by atoms with E-state index in [0.717, 1.165) is 45.7 Å². The third-order valence-electron chi connectivity index (χ3n) is 2.66. The van der Waals surface area contributed by atoms with Gasteiger partial charge in [-0.2, -0.15) is 0 Å². The van der Waals surface area contributed by atoms with E-state index in [1.54, 1.807) is 0 Å². The van der Waals surface area contributed by atoms with E-state index >= 15 is 0 Å². The zero-order valence-corrected chi connectivity index (χ0v) is 9.02. The molecule has 0 amide bonds. The quantitative estimate of drug-likeness (QED) is 0.606. The average molecular weight is 216 g/mol.